The smallest absolute Gasteiger partial charge is 0.310 e. The van der Waals surface area contributed by atoms with Gasteiger partial charge in [0.15, 0.2) is 6.29 Å². The monoisotopic (exact) mass is 232 g/mol. The van der Waals surface area contributed by atoms with Crippen molar-refractivity contribution in [2.24, 2.45) is 0 Å². The SMILES string of the molecule is CCCCOC(CC(=O)OC)OCCCC. The summed E-state index contributed by atoms with van der Waals surface area (Å²) in [5.41, 5.74) is 0. The minimum absolute atomic E-state index is 0.171. The molecule has 16 heavy (non-hydrogen) atoms. The molecule has 0 radical (unpaired) electrons. The topological polar surface area (TPSA) is 44.8 Å². The molecule has 0 amide bonds. The maximum atomic E-state index is 11.1. The van der Waals surface area contributed by atoms with Crippen LogP contribution in [0, 0.1) is 0 Å². The minimum Gasteiger partial charge on any atom is -0.469 e. The van der Waals surface area contributed by atoms with Crippen LogP contribution in [0.15, 0.2) is 0 Å². The van der Waals surface area contributed by atoms with Gasteiger partial charge in [-0.15, -0.1) is 0 Å². The third-order valence-corrected chi connectivity index (χ3v) is 2.16. The Hall–Kier alpha value is -0.610. The van der Waals surface area contributed by atoms with Gasteiger partial charge in [-0.3, -0.25) is 4.79 Å². The molecule has 0 fully saturated rings. The summed E-state index contributed by atoms with van der Waals surface area (Å²) < 4.78 is 15.6. The van der Waals surface area contributed by atoms with E-state index >= 15 is 0 Å². The Morgan fingerprint density at radius 3 is 1.94 bits per heavy atom. The van der Waals surface area contributed by atoms with Gasteiger partial charge in [0.25, 0.3) is 0 Å². The lowest BCUT2D eigenvalue weighted by Crippen LogP contribution is -2.23. The summed E-state index contributed by atoms with van der Waals surface area (Å²) in [6.45, 7) is 5.45. The van der Waals surface area contributed by atoms with E-state index in [0.29, 0.717) is 13.2 Å². The van der Waals surface area contributed by atoms with Gasteiger partial charge in [0.05, 0.1) is 13.5 Å². The van der Waals surface area contributed by atoms with Crippen LogP contribution < -0.4 is 0 Å². The average molecular weight is 232 g/mol. The number of carbonyl (C=O) groups excluding carboxylic acids is 1. The summed E-state index contributed by atoms with van der Waals surface area (Å²) in [6.07, 6.45) is 3.82. The van der Waals surface area contributed by atoms with Crippen LogP contribution in [0.25, 0.3) is 0 Å². The van der Waals surface area contributed by atoms with Crippen LogP contribution in [0.1, 0.15) is 46.0 Å². The highest BCUT2D eigenvalue weighted by Gasteiger charge is 2.14. The van der Waals surface area contributed by atoms with E-state index in [9.17, 15) is 4.79 Å². The standard InChI is InChI=1S/C12H24O4/c1-4-6-8-15-12(10-11(13)14-3)16-9-7-5-2/h12H,4-10H2,1-3H3. The Labute approximate surface area is 98.3 Å². The lowest BCUT2D eigenvalue weighted by Gasteiger charge is -2.17. The normalized spacial score (nSPS) is 10.8. The summed E-state index contributed by atoms with van der Waals surface area (Å²) >= 11 is 0. The summed E-state index contributed by atoms with van der Waals surface area (Å²) in [7, 11) is 1.37. The first kappa shape index (κ1) is 15.4. The van der Waals surface area contributed by atoms with Gasteiger partial charge in [0.2, 0.25) is 0 Å². The van der Waals surface area contributed by atoms with Crippen molar-refractivity contribution in [2.75, 3.05) is 20.3 Å². The van der Waals surface area contributed by atoms with Gasteiger partial charge in [-0.1, -0.05) is 26.7 Å². The van der Waals surface area contributed by atoms with Crippen molar-refractivity contribution < 1.29 is 19.0 Å². The minimum atomic E-state index is -0.453. The average Bonchev–Trinajstić information content (AvgIpc) is 2.29. The van der Waals surface area contributed by atoms with Crippen LogP contribution >= 0.6 is 0 Å². The molecule has 0 rings (SSSR count). The maximum Gasteiger partial charge on any atom is 0.310 e. The first-order chi connectivity index (χ1) is 7.74. The fraction of sp³-hybridized carbons (Fsp3) is 0.917. The largest absolute Gasteiger partial charge is 0.469 e. The molecule has 0 aliphatic rings. The van der Waals surface area contributed by atoms with Crippen molar-refractivity contribution >= 4 is 5.97 Å². The van der Waals surface area contributed by atoms with Crippen molar-refractivity contribution in [3.63, 3.8) is 0 Å². The number of rotatable bonds is 10. The third kappa shape index (κ3) is 8.68. The highest BCUT2D eigenvalue weighted by atomic mass is 16.7. The van der Waals surface area contributed by atoms with Crippen LogP contribution in [0.3, 0.4) is 0 Å². The van der Waals surface area contributed by atoms with Crippen molar-refractivity contribution in [3.8, 4) is 0 Å². The van der Waals surface area contributed by atoms with Gasteiger partial charge < -0.3 is 14.2 Å². The molecule has 0 N–H and O–H groups in total. The van der Waals surface area contributed by atoms with Crippen LogP contribution in [-0.4, -0.2) is 32.6 Å². The predicted molar refractivity (Wildman–Crippen MR) is 62.1 cm³/mol. The van der Waals surface area contributed by atoms with E-state index in [4.69, 9.17) is 9.47 Å². The van der Waals surface area contributed by atoms with E-state index in [0.717, 1.165) is 25.7 Å². The van der Waals surface area contributed by atoms with Gasteiger partial charge in [0.1, 0.15) is 0 Å². The Morgan fingerprint density at radius 1 is 1.06 bits per heavy atom. The van der Waals surface area contributed by atoms with Gasteiger partial charge >= 0.3 is 5.97 Å². The van der Waals surface area contributed by atoms with Crippen molar-refractivity contribution in [1.29, 1.82) is 0 Å². The van der Waals surface area contributed by atoms with Crippen molar-refractivity contribution in [2.45, 2.75) is 52.2 Å². The van der Waals surface area contributed by atoms with Gasteiger partial charge in [-0.2, -0.15) is 0 Å². The number of unbranched alkanes of at least 4 members (excludes halogenated alkanes) is 2. The second-order valence-corrected chi connectivity index (χ2v) is 3.66. The van der Waals surface area contributed by atoms with Crippen molar-refractivity contribution in [3.05, 3.63) is 0 Å². The molecule has 0 bridgehead atoms. The molecule has 0 saturated heterocycles. The quantitative estimate of drug-likeness (QED) is 0.330. The molecule has 4 heteroatoms. The molecule has 0 aromatic heterocycles. The molecule has 0 saturated carbocycles. The van der Waals surface area contributed by atoms with E-state index in [1.165, 1.54) is 7.11 Å². The first-order valence-corrected chi connectivity index (χ1v) is 6.04. The maximum absolute atomic E-state index is 11.1. The zero-order valence-corrected chi connectivity index (χ0v) is 10.7. The molecule has 96 valence electrons. The highest BCUT2D eigenvalue weighted by Crippen LogP contribution is 2.05. The number of methoxy groups -OCH3 is 1. The molecule has 0 spiro atoms. The second-order valence-electron chi connectivity index (χ2n) is 3.66. The molecular formula is C12H24O4. The Kier molecular flexibility index (Phi) is 10.5. The summed E-state index contributed by atoms with van der Waals surface area (Å²) in [5.74, 6) is -0.294. The highest BCUT2D eigenvalue weighted by molar-refractivity contribution is 5.69. The molecule has 4 nitrogen and oxygen atoms in total. The molecular weight excluding hydrogens is 208 g/mol. The zero-order chi connectivity index (χ0) is 12.2. The fourth-order valence-electron chi connectivity index (χ4n) is 1.10. The molecule has 0 atom stereocenters. The van der Waals surface area contributed by atoms with Gasteiger partial charge in [-0.05, 0) is 12.8 Å². The number of esters is 1. The first-order valence-electron chi connectivity index (χ1n) is 6.04. The molecule has 0 heterocycles. The van der Waals surface area contributed by atoms with Crippen LogP contribution in [0.2, 0.25) is 0 Å². The molecule has 0 aliphatic heterocycles. The van der Waals surface area contributed by atoms with E-state index in [1.807, 2.05) is 0 Å². The van der Waals surface area contributed by atoms with E-state index in [2.05, 4.69) is 18.6 Å². The summed E-state index contributed by atoms with van der Waals surface area (Å²) in [6, 6.07) is 0. The van der Waals surface area contributed by atoms with E-state index in [-0.39, 0.29) is 12.4 Å². The number of hydrogen-bond donors (Lipinski definition) is 0. The lowest BCUT2D eigenvalue weighted by atomic mass is 10.3. The van der Waals surface area contributed by atoms with Crippen LogP contribution in [0.4, 0.5) is 0 Å². The summed E-state index contributed by atoms with van der Waals surface area (Å²) in [5, 5.41) is 0. The van der Waals surface area contributed by atoms with E-state index in [1.54, 1.807) is 0 Å². The van der Waals surface area contributed by atoms with Gasteiger partial charge in [-0.25, -0.2) is 0 Å². The van der Waals surface area contributed by atoms with Crippen molar-refractivity contribution in [1.82, 2.24) is 0 Å². The number of carbonyl (C=O) groups is 1. The van der Waals surface area contributed by atoms with Crippen LogP contribution in [0.5, 0.6) is 0 Å². The Morgan fingerprint density at radius 2 is 1.56 bits per heavy atom. The fourth-order valence-corrected chi connectivity index (χ4v) is 1.10. The van der Waals surface area contributed by atoms with Crippen LogP contribution in [-0.2, 0) is 19.0 Å². The molecule has 0 unspecified atom stereocenters. The lowest BCUT2D eigenvalue weighted by molar-refractivity contribution is -0.169. The number of hydrogen-bond acceptors (Lipinski definition) is 4. The summed E-state index contributed by atoms with van der Waals surface area (Å²) in [4.78, 5) is 11.1. The molecule has 0 aromatic carbocycles. The third-order valence-electron chi connectivity index (χ3n) is 2.16. The molecule has 0 aromatic rings. The molecule has 0 aliphatic carbocycles. The second kappa shape index (κ2) is 10.9. The van der Waals surface area contributed by atoms with E-state index < -0.39 is 6.29 Å². The predicted octanol–water partition coefficient (Wildman–Crippen LogP) is 2.51. The zero-order valence-electron chi connectivity index (χ0n) is 10.7. The Balaban J connectivity index is 3.80. The number of ether oxygens (including phenoxy) is 3. The Bertz CT molecular complexity index is 160. The van der Waals surface area contributed by atoms with Gasteiger partial charge in [0, 0.05) is 13.2 Å².